The minimum Gasteiger partial charge on any atom is -0.368 e. The van der Waals surface area contributed by atoms with E-state index in [4.69, 9.17) is 4.74 Å². The van der Waals surface area contributed by atoms with Crippen molar-refractivity contribution in [2.75, 3.05) is 11.9 Å². The molecule has 0 spiro atoms. The van der Waals surface area contributed by atoms with Gasteiger partial charge in [0.15, 0.2) is 0 Å². The molecule has 1 atom stereocenters. The van der Waals surface area contributed by atoms with Crippen LogP contribution in [0.4, 0.5) is 5.69 Å². The summed E-state index contributed by atoms with van der Waals surface area (Å²) < 4.78 is 5.31. The molecule has 80 valence electrons. The van der Waals surface area contributed by atoms with Gasteiger partial charge in [-0.05, 0) is 31.4 Å². The van der Waals surface area contributed by atoms with Gasteiger partial charge < -0.3 is 10.1 Å². The Hall–Kier alpha value is -1.35. The first-order chi connectivity index (χ1) is 7.27. The summed E-state index contributed by atoms with van der Waals surface area (Å²) in [5.41, 5.74) is 1.95. The summed E-state index contributed by atoms with van der Waals surface area (Å²) in [5.74, 6) is -0.0261. The van der Waals surface area contributed by atoms with E-state index in [9.17, 15) is 4.79 Å². The van der Waals surface area contributed by atoms with Gasteiger partial charge in [0.2, 0.25) is 0 Å². The largest absolute Gasteiger partial charge is 0.368 e. The van der Waals surface area contributed by atoms with Crippen LogP contribution in [-0.4, -0.2) is 18.6 Å². The Kier molecular flexibility index (Phi) is 3.02. The fourth-order valence-corrected chi connectivity index (χ4v) is 1.71. The molecule has 1 amide bonds. The molecule has 0 aliphatic carbocycles. The van der Waals surface area contributed by atoms with Gasteiger partial charge in [0, 0.05) is 12.3 Å². The van der Waals surface area contributed by atoms with Crippen molar-refractivity contribution in [3.05, 3.63) is 29.8 Å². The first-order valence-corrected chi connectivity index (χ1v) is 5.25. The van der Waals surface area contributed by atoms with Crippen molar-refractivity contribution in [3.63, 3.8) is 0 Å². The van der Waals surface area contributed by atoms with E-state index >= 15 is 0 Å². The van der Waals surface area contributed by atoms with Crippen molar-refractivity contribution in [1.82, 2.24) is 0 Å². The summed E-state index contributed by atoms with van der Waals surface area (Å²) in [5, 5.41) is 2.89. The van der Waals surface area contributed by atoms with Crippen molar-refractivity contribution in [2.45, 2.75) is 25.9 Å². The van der Waals surface area contributed by atoms with Crippen molar-refractivity contribution in [2.24, 2.45) is 0 Å². The second-order valence-corrected chi connectivity index (χ2v) is 3.81. The van der Waals surface area contributed by atoms with Crippen LogP contribution in [0.1, 0.15) is 18.4 Å². The summed E-state index contributed by atoms with van der Waals surface area (Å²) >= 11 is 0. The molecule has 2 rings (SSSR count). The lowest BCUT2D eigenvalue weighted by molar-refractivity contribution is -0.124. The van der Waals surface area contributed by atoms with Crippen molar-refractivity contribution in [3.8, 4) is 0 Å². The smallest absolute Gasteiger partial charge is 0.253 e. The number of hydrogen-bond acceptors (Lipinski definition) is 2. The first kappa shape index (κ1) is 10.2. The Morgan fingerprint density at radius 3 is 2.93 bits per heavy atom. The maximum atomic E-state index is 11.7. The number of anilines is 1. The summed E-state index contributed by atoms with van der Waals surface area (Å²) in [7, 11) is 0. The Morgan fingerprint density at radius 2 is 2.27 bits per heavy atom. The molecule has 1 N–H and O–H groups in total. The highest BCUT2D eigenvalue weighted by atomic mass is 16.5. The van der Waals surface area contributed by atoms with Crippen molar-refractivity contribution in [1.29, 1.82) is 0 Å². The average molecular weight is 205 g/mol. The maximum absolute atomic E-state index is 11.7. The predicted molar refractivity (Wildman–Crippen MR) is 58.8 cm³/mol. The second kappa shape index (κ2) is 4.45. The molecule has 1 aliphatic heterocycles. The molecule has 0 saturated carbocycles. The molecule has 0 unspecified atom stereocenters. The van der Waals surface area contributed by atoms with E-state index in [0.29, 0.717) is 6.61 Å². The molecule has 0 aromatic heterocycles. The number of aryl methyl sites for hydroxylation is 1. The Bertz CT molecular complexity index is 356. The van der Waals surface area contributed by atoms with Gasteiger partial charge >= 0.3 is 0 Å². The minimum atomic E-state index is -0.260. The van der Waals surface area contributed by atoms with Crippen molar-refractivity contribution >= 4 is 11.6 Å². The number of amides is 1. The zero-order valence-corrected chi connectivity index (χ0v) is 8.82. The van der Waals surface area contributed by atoms with Gasteiger partial charge in [-0.1, -0.05) is 18.2 Å². The number of nitrogens with one attached hydrogen (secondary N) is 1. The van der Waals surface area contributed by atoms with Crippen LogP contribution in [0.2, 0.25) is 0 Å². The van der Waals surface area contributed by atoms with E-state index in [1.54, 1.807) is 0 Å². The molecule has 0 bridgehead atoms. The lowest BCUT2D eigenvalue weighted by Crippen LogP contribution is -2.27. The summed E-state index contributed by atoms with van der Waals surface area (Å²) in [6.07, 6.45) is 1.55. The maximum Gasteiger partial charge on any atom is 0.253 e. The van der Waals surface area contributed by atoms with Gasteiger partial charge in [0.25, 0.3) is 5.91 Å². The van der Waals surface area contributed by atoms with E-state index in [1.807, 2.05) is 31.2 Å². The fraction of sp³-hybridized carbons (Fsp3) is 0.417. The quantitative estimate of drug-likeness (QED) is 0.803. The van der Waals surface area contributed by atoms with Gasteiger partial charge in [-0.3, -0.25) is 4.79 Å². The van der Waals surface area contributed by atoms with E-state index in [0.717, 1.165) is 24.1 Å². The molecular formula is C12H15NO2. The lowest BCUT2D eigenvalue weighted by Gasteiger charge is -2.11. The third-order valence-electron chi connectivity index (χ3n) is 2.63. The highest BCUT2D eigenvalue weighted by Crippen LogP contribution is 2.17. The standard InChI is InChI=1S/C12H15NO2/c1-9-5-2-3-6-10(9)13-12(14)11-7-4-8-15-11/h2-3,5-6,11H,4,7-8H2,1H3,(H,13,14)/t11-/m0/s1. The van der Waals surface area contributed by atoms with Crippen LogP contribution in [0.25, 0.3) is 0 Å². The molecule has 0 radical (unpaired) electrons. The molecular weight excluding hydrogens is 190 g/mol. The number of benzene rings is 1. The number of carbonyl (C=O) groups excluding carboxylic acids is 1. The van der Waals surface area contributed by atoms with Gasteiger partial charge in [-0.25, -0.2) is 0 Å². The number of carbonyl (C=O) groups is 1. The first-order valence-electron chi connectivity index (χ1n) is 5.25. The molecule has 1 heterocycles. The molecule has 3 nitrogen and oxygen atoms in total. The van der Waals surface area contributed by atoms with Gasteiger partial charge in [0.05, 0.1) is 0 Å². The molecule has 1 saturated heterocycles. The summed E-state index contributed by atoms with van der Waals surface area (Å²) in [4.78, 5) is 11.7. The fourth-order valence-electron chi connectivity index (χ4n) is 1.71. The van der Waals surface area contributed by atoms with Crippen LogP contribution >= 0.6 is 0 Å². The molecule has 1 aromatic carbocycles. The highest BCUT2D eigenvalue weighted by Gasteiger charge is 2.23. The van der Waals surface area contributed by atoms with Crippen LogP contribution in [0.3, 0.4) is 0 Å². The highest BCUT2D eigenvalue weighted by molar-refractivity contribution is 5.94. The van der Waals surface area contributed by atoms with Crippen LogP contribution in [0.5, 0.6) is 0 Å². The second-order valence-electron chi connectivity index (χ2n) is 3.81. The topological polar surface area (TPSA) is 38.3 Å². The van der Waals surface area contributed by atoms with Gasteiger partial charge in [-0.15, -0.1) is 0 Å². The van der Waals surface area contributed by atoms with Crippen LogP contribution in [-0.2, 0) is 9.53 Å². The number of rotatable bonds is 2. The molecule has 15 heavy (non-hydrogen) atoms. The molecule has 3 heteroatoms. The Labute approximate surface area is 89.4 Å². The van der Waals surface area contributed by atoms with Gasteiger partial charge in [0.1, 0.15) is 6.10 Å². The van der Waals surface area contributed by atoms with Crippen LogP contribution < -0.4 is 5.32 Å². The van der Waals surface area contributed by atoms with Crippen LogP contribution in [0, 0.1) is 6.92 Å². The minimum absolute atomic E-state index is 0.0261. The third-order valence-corrected chi connectivity index (χ3v) is 2.63. The van der Waals surface area contributed by atoms with E-state index in [2.05, 4.69) is 5.32 Å². The predicted octanol–water partition coefficient (Wildman–Crippen LogP) is 2.11. The zero-order chi connectivity index (χ0) is 10.7. The van der Waals surface area contributed by atoms with Gasteiger partial charge in [-0.2, -0.15) is 0 Å². The SMILES string of the molecule is Cc1ccccc1NC(=O)[C@@H]1CCCO1. The van der Waals surface area contributed by atoms with E-state index in [-0.39, 0.29) is 12.0 Å². The van der Waals surface area contributed by atoms with Crippen LogP contribution in [0.15, 0.2) is 24.3 Å². The molecule has 1 aromatic rings. The Morgan fingerprint density at radius 1 is 1.47 bits per heavy atom. The number of hydrogen-bond donors (Lipinski definition) is 1. The monoisotopic (exact) mass is 205 g/mol. The molecule has 1 aliphatic rings. The normalized spacial score (nSPS) is 20.2. The summed E-state index contributed by atoms with van der Waals surface area (Å²) in [6.45, 7) is 2.68. The Balaban J connectivity index is 2.02. The van der Waals surface area contributed by atoms with E-state index in [1.165, 1.54) is 0 Å². The lowest BCUT2D eigenvalue weighted by atomic mass is 10.2. The third kappa shape index (κ3) is 2.36. The number of para-hydroxylation sites is 1. The van der Waals surface area contributed by atoms with Crippen molar-refractivity contribution < 1.29 is 9.53 Å². The van der Waals surface area contributed by atoms with E-state index < -0.39 is 0 Å². The average Bonchev–Trinajstić information content (AvgIpc) is 2.74. The molecule has 1 fully saturated rings. The summed E-state index contributed by atoms with van der Waals surface area (Å²) in [6, 6.07) is 7.75. The number of ether oxygens (including phenoxy) is 1. The zero-order valence-electron chi connectivity index (χ0n) is 8.82.